The average molecular weight is 332 g/mol. The number of anilines is 1. The number of benzene rings is 1. The zero-order valence-corrected chi connectivity index (χ0v) is 14.3. The second-order valence-electron chi connectivity index (χ2n) is 6.90. The highest BCUT2D eigenvalue weighted by Gasteiger charge is 2.31. The van der Waals surface area contributed by atoms with Crippen LogP contribution in [0.3, 0.4) is 0 Å². The van der Waals surface area contributed by atoms with Crippen LogP contribution in [0.25, 0.3) is 0 Å². The van der Waals surface area contributed by atoms with Crippen LogP contribution in [0.5, 0.6) is 0 Å². The van der Waals surface area contributed by atoms with E-state index < -0.39 is 11.4 Å². The third kappa shape index (κ3) is 4.24. The number of rotatable bonds is 2. The number of primary amides is 1. The topological polar surface area (TPSA) is 95.7 Å². The maximum Gasteiger partial charge on any atom is 0.316 e. The lowest BCUT2D eigenvalue weighted by molar-refractivity contribution is -0.140. The SMILES string of the molecule is CC(C)(C)C(=O)N1CCN(C(=O)c2cccc(NC(N)=O)c2)CC1. The summed E-state index contributed by atoms with van der Waals surface area (Å²) in [5.74, 6) is -0.0202. The highest BCUT2D eigenvalue weighted by atomic mass is 16.2. The molecule has 0 spiro atoms. The van der Waals surface area contributed by atoms with Crippen molar-refractivity contribution in [3.8, 4) is 0 Å². The molecule has 2 rings (SSSR count). The van der Waals surface area contributed by atoms with E-state index in [4.69, 9.17) is 5.73 Å². The standard InChI is InChI=1S/C17H24N4O3/c1-17(2,3)15(23)21-9-7-20(8-10-21)14(22)12-5-4-6-13(11-12)19-16(18)24/h4-6,11H,7-10H2,1-3H3,(H3,18,19,24). The monoisotopic (exact) mass is 332 g/mol. The van der Waals surface area contributed by atoms with E-state index in [9.17, 15) is 14.4 Å². The molecule has 24 heavy (non-hydrogen) atoms. The molecule has 1 aliphatic rings. The number of nitrogens with zero attached hydrogens (tertiary/aromatic N) is 2. The number of urea groups is 1. The lowest BCUT2D eigenvalue weighted by atomic mass is 9.94. The Kier molecular flexibility index (Phi) is 5.11. The van der Waals surface area contributed by atoms with Gasteiger partial charge >= 0.3 is 6.03 Å². The molecule has 130 valence electrons. The van der Waals surface area contributed by atoms with Gasteiger partial charge in [-0.05, 0) is 18.2 Å². The summed E-state index contributed by atoms with van der Waals surface area (Å²) >= 11 is 0. The van der Waals surface area contributed by atoms with Crippen molar-refractivity contribution < 1.29 is 14.4 Å². The van der Waals surface area contributed by atoms with Crippen LogP contribution in [0.4, 0.5) is 10.5 Å². The molecular formula is C17H24N4O3. The normalized spacial score (nSPS) is 15.1. The molecule has 1 saturated heterocycles. The molecule has 0 aromatic heterocycles. The number of amides is 4. The van der Waals surface area contributed by atoms with Gasteiger partial charge in [0.2, 0.25) is 5.91 Å². The lowest BCUT2D eigenvalue weighted by Gasteiger charge is -2.37. The second kappa shape index (κ2) is 6.90. The van der Waals surface area contributed by atoms with E-state index in [1.54, 1.807) is 34.1 Å². The molecule has 0 unspecified atom stereocenters. The minimum absolute atomic E-state index is 0.0993. The van der Waals surface area contributed by atoms with Crippen LogP contribution in [0.1, 0.15) is 31.1 Å². The molecule has 0 bridgehead atoms. The number of piperazine rings is 1. The summed E-state index contributed by atoms with van der Waals surface area (Å²) in [7, 11) is 0. The minimum Gasteiger partial charge on any atom is -0.351 e. The third-order valence-electron chi connectivity index (χ3n) is 3.87. The van der Waals surface area contributed by atoms with Crippen LogP contribution in [0.15, 0.2) is 24.3 Å². The summed E-state index contributed by atoms with van der Waals surface area (Å²) in [5.41, 5.74) is 5.64. The molecule has 0 saturated carbocycles. The fraction of sp³-hybridized carbons (Fsp3) is 0.471. The summed E-state index contributed by atoms with van der Waals surface area (Å²) in [6.45, 7) is 7.72. The predicted octanol–water partition coefficient (Wildman–Crippen LogP) is 1.51. The van der Waals surface area contributed by atoms with Gasteiger partial charge in [0.25, 0.3) is 5.91 Å². The summed E-state index contributed by atoms with van der Waals surface area (Å²) in [4.78, 5) is 39.3. The number of carbonyl (C=O) groups is 3. The molecule has 1 aromatic carbocycles. The Bertz CT molecular complexity index is 643. The van der Waals surface area contributed by atoms with Gasteiger partial charge in [-0.3, -0.25) is 9.59 Å². The van der Waals surface area contributed by atoms with Gasteiger partial charge in [0.15, 0.2) is 0 Å². The Morgan fingerprint density at radius 2 is 1.62 bits per heavy atom. The molecule has 1 aromatic rings. The van der Waals surface area contributed by atoms with E-state index in [1.165, 1.54) is 0 Å². The van der Waals surface area contributed by atoms with E-state index in [2.05, 4.69) is 5.32 Å². The first-order chi connectivity index (χ1) is 11.2. The summed E-state index contributed by atoms with van der Waals surface area (Å²) in [6.07, 6.45) is 0. The summed E-state index contributed by atoms with van der Waals surface area (Å²) in [5, 5.41) is 2.46. The molecule has 3 N–H and O–H groups in total. The van der Waals surface area contributed by atoms with Gasteiger partial charge in [-0.2, -0.15) is 0 Å². The maximum atomic E-state index is 12.6. The first kappa shape index (κ1) is 17.8. The van der Waals surface area contributed by atoms with E-state index in [1.807, 2.05) is 20.8 Å². The highest BCUT2D eigenvalue weighted by molar-refractivity contribution is 5.96. The van der Waals surface area contributed by atoms with E-state index in [0.717, 1.165) is 0 Å². The predicted molar refractivity (Wildman–Crippen MR) is 91.6 cm³/mol. The molecule has 1 aliphatic heterocycles. The Hall–Kier alpha value is -2.57. The Labute approximate surface area is 141 Å². The largest absolute Gasteiger partial charge is 0.351 e. The molecule has 1 fully saturated rings. The lowest BCUT2D eigenvalue weighted by Crippen LogP contribution is -2.53. The molecule has 0 radical (unpaired) electrons. The van der Waals surface area contributed by atoms with Crippen LogP contribution < -0.4 is 11.1 Å². The van der Waals surface area contributed by atoms with Crippen molar-refractivity contribution in [3.63, 3.8) is 0 Å². The smallest absolute Gasteiger partial charge is 0.316 e. The molecular weight excluding hydrogens is 308 g/mol. The van der Waals surface area contributed by atoms with E-state index in [-0.39, 0.29) is 11.8 Å². The van der Waals surface area contributed by atoms with Gasteiger partial charge < -0.3 is 20.9 Å². The van der Waals surface area contributed by atoms with Gasteiger partial charge in [0, 0.05) is 42.8 Å². The first-order valence-corrected chi connectivity index (χ1v) is 7.93. The summed E-state index contributed by atoms with van der Waals surface area (Å²) < 4.78 is 0. The van der Waals surface area contributed by atoms with Crippen molar-refractivity contribution >= 4 is 23.5 Å². The van der Waals surface area contributed by atoms with Gasteiger partial charge in [-0.1, -0.05) is 26.8 Å². The number of carbonyl (C=O) groups excluding carboxylic acids is 3. The van der Waals surface area contributed by atoms with Crippen molar-refractivity contribution in [2.45, 2.75) is 20.8 Å². The van der Waals surface area contributed by atoms with Crippen LogP contribution >= 0.6 is 0 Å². The van der Waals surface area contributed by atoms with Crippen molar-refractivity contribution in [2.24, 2.45) is 11.1 Å². The second-order valence-corrected chi connectivity index (χ2v) is 6.90. The van der Waals surface area contributed by atoms with Gasteiger partial charge in [-0.15, -0.1) is 0 Å². The quantitative estimate of drug-likeness (QED) is 0.859. The molecule has 0 aliphatic carbocycles. The molecule has 7 heteroatoms. The first-order valence-electron chi connectivity index (χ1n) is 7.93. The number of nitrogens with two attached hydrogens (primary N) is 1. The number of hydrogen-bond acceptors (Lipinski definition) is 3. The van der Waals surface area contributed by atoms with Crippen LogP contribution in [0.2, 0.25) is 0 Å². The Balaban J connectivity index is 2.00. The zero-order chi connectivity index (χ0) is 17.9. The molecule has 4 amide bonds. The number of hydrogen-bond donors (Lipinski definition) is 2. The van der Waals surface area contributed by atoms with Crippen molar-refractivity contribution in [3.05, 3.63) is 29.8 Å². The van der Waals surface area contributed by atoms with E-state index in [0.29, 0.717) is 37.4 Å². The molecule has 7 nitrogen and oxygen atoms in total. The summed E-state index contributed by atoms with van der Waals surface area (Å²) in [6, 6.07) is 5.98. The van der Waals surface area contributed by atoms with Crippen LogP contribution in [-0.4, -0.2) is 53.8 Å². The fourth-order valence-electron chi connectivity index (χ4n) is 2.64. The maximum absolute atomic E-state index is 12.6. The van der Waals surface area contributed by atoms with Crippen molar-refractivity contribution in [2.75, 3.05) is 31.5 Å². The minimum atomic E-state index is -0.672. The number of nitrogens with one attached hydrogen (secondary N) is 1. The molecule has 0 atom stereocenters. The van der Waals surface area contributed by atoms with Crippen LogP contribution in [-0.2, 0) is 4.79 Å². The Morgan fingerprint density at radius 1 is 1.04 bits per heavy atom. The van der Waals surface area contributed by atoms with Gasteiger partial charge in [0.1, 0.15) is 0 Å². The average Bonchev–Trinajstić information content (AvgIpc) is 2.52. The van der Waals surface area contributed by atoms with Crippen molar-refractivity contribution in [1.29, 1.82) is 0 Å². The zero-order valence-electron chi connectivity index (χ0n) is 14.3. The van der Waals surface area contributed by atoms with Crippen molar-refractivity contribution in [1.82, 2.24) is 9.80 Å². The van der Waals surface area contributed by atoms with Crippen LogP contribution in [0, 0.1) is 5.41 Å². The van der Waals surface area contributed by atoms with E-state index >= 15 is 0 Å². The Morgan fingerprint density at radius 3 is 2.17 bits per heavy atom. The highest BCUT2D eigenvalue weighted by Crippen LogP contribution is 2.19. The molecule has 1 heterocycles. The third-order valence-corrected chi connectivity index (χ3v) is 3.87. The van der Waals surface area contributed by atoms with Gasteiger partial charge in [0.05, 0.1) is 0 Å². The fourth-order valence-corrected chi connectivity index (χ4v) is 2.64. The van der Waals surface area contributed by atoms with Gasteiger partial charge in [-0.25, -0.2) is 4.79 Å².